The van der Waals surface area contributed by atoms with Crippen LogP contribution in [0.3, 0.4) is 0 Å². The van der Waals surface area contributed by atoms with Gasteiger partial charge in [0.2, 0.25) is 0 Å². The Bertz CT molecular complexity index is 521. The number of anilines is 1. The summed E-state index contributed by atoms with van der Waals surface area (Å²) < 4.78 is 0. The van der Waals surface area contributed by atoms with Crippen LogP contribution >= 0.6 is 24.0 Å². The van der Waals surface area contributed by atoms with Gasteiger partial charge in [0, 0.05) is 30.9 Å². The summed E-state index contributed by atoms with van der Waals surface area (Å²) in [6.07, 6.45) is 4.41. The Morgan fingerprint density at radius 3 is 2.26 bits per heavy atom. The highest BCUT2D eigenvalue weighted by Gasteiger charge is 2.11. The molecular weight excluding hydrogens is 399 g/mol. The molecule has 1 aliphatic rings. The van der Waals surface area contributed by atoms with Gasteiger partial charge in [0.1, 0.15) is 0 Å². The lowest BCUT2D eigenvalue weighted by Crippen LogP contribution is -2.47. The van der Waals surface area contributed by atoms with Gasteiger partial charge in [-0.25, -0.2) is 4.99 Å². The molecule has 0 amide bonds. The second-order valence-electron chi connectivity index (χ2n) is 6.61. The normalized spacial score (nSPS) is 14.6. The first-order valence-corrected chi connectivity index (χ1v) is 8.03. The summed E-state index contributed by atoms with van der Waals surface area (Å²) in [5.41, 5.74) is 2.51. The maximum absolute atomic E-state index is 4.66. The number of hydrogen-bond acceptors (Lipinski definition) is 2. The van der Waals surface area contributed by atoms with Crippen molar-refractivity contribution in [3.8, 4) is 0 Å². The van der Waals surface area contributed by atoms with Crippen LogP contribution in [0.1, 0.15) is 33.3 Å². The molecule has 0 unspecified atom stereocenters. The second-order valence-corrected chi connectivity index (χ2v) is 6.61. The van der Waals surface area contributed by atoms with Crippen molar-refractivity contribution in [2.24, 2.45) is 4.99 Å². The van der Waals surface area contributed by atoms with Crippen molar-refractivity contribution in [1.82, 2.24) is 10.6 Å². The van der Waals surface area contributed by atoms with Crippen molar-refractivity contribution in [3.63, 3.8) is 0 Å². The molecule has 23 heavy (non-hydrogen) atoms. The van der Waals surface area contributed by atoms with E-state index in [2.05, 4.69) is 84.6 Å². The molecule has 128 valence electrons. The van der Waals surface area contributed by atoms with E-state index in [9.17, 15) is 0 Å². The van der Waals surface area contributed by atoms with Crippen molar-refractivity contribution < 1.29 is 0 Å². The molecule has 0 saturated carbocycles. The monoisotopic (exact) mass is 428 g/mol. The average molecular weight is 428 g/mol. The van der Waals surface area contributed by atoms with Crippen LogP contribution in [0.4, 0.5) is 5.69 Å². The van der Waals surface area contributed by atoms with Crippen LogP contribution in [0.2, 0.25) is 0 Å². The van der Waals surface area contributed by atoms with Gasteiger partial charge in [-0.3, -0.25) is 0 Å². The number of guanidine groups is 1. The number of rotatable bonds is 4. The van der Waals surface area contributed by atoms with Gasteiger partial charge in [-0.2, -0.15) is 0 Å². The largest absolute Gasteiger partial charge is 0.364 e. The molecule has 2 N–H and O–H groups in total. The average Bonchev–Trinajstić information content (AvgIpc) is 2.98. The molecule has 0 aliphatic carbocycles. The van der Waals surface area contributed by atoms with E-state index in [1.54, 1.807) is 0 Å². The molecule has 1 aliphatic heterocycles. The third kappa shape index (κ3) is 6.81. The first kappa shape index (κ1) is 19.8. The van der Waals surface area contributed by atoms with E-state index in [4.69, 9.17) is 0 Å². The smallest absolute Gasteiger partial charge is 0.191 e. The highest BCUT2D eigenvalue weighted by Crippen LogP contribution is 2.17. The Morgan fingerprint density at radius 1 is 1.13 bits per heavy atom. The van der Waals surface area contributed by atoms with Gasteiger partial charge >= 0.3 is 0 Å². The van der Waals surface area contributed by atoms with E-state index >= 15 is 0 Å². The predicted octanol–water partition coefficient (Wildman–Crippen LogP) is 3.53. The van der Waals surface area contributed by atoms with E-state index in [-0.39, 0.29) is 29.5 Å². The molecule has 5 heteroatoms. The van der Waals surface area contributed by atoms with Gasteiger partial charge < -0.3 is 15.5 Å². The maximum atomic E-state index is 4.66. The number of nitrogens with one attached hydrogen (secondary N) is 2. The summed E-state index contributed by atoms with van der Waals surface area (Å²) in [5.74, 6) is 0.864. The molecule has 0 spiro atoms. The molecule has 0 fully saturated rings. The van der Waals surface area contributed by atoms with Crippen LogP contribution in [0.15, 0.2) is 41.4 Å². The van der Waals surface area contributed by atoms with Gasteiger partial charge in [-0.1, -0.05) is 24.3 Å². The van der Waals surface area contributed by atoms with Crippen molar-refractivity contribution in [2.45, 2.75) is 39.8 Å². The number of nitrogens with zero attached hydrogens (tertiary/aromatic N) is 2. The van der Waals surface area contributed by atoms with Crippen LogP contribution in [0.25, 0.3) is 0 Å². The summed E-state index contributed by atoms with van der Waals surface area (Å²) in [4.78, 5) is 7.01. The van der Waals surface area contributed by atoms with E-state index in [0.717, 1.165) is 25.6 Å². The number of aliphatic imine (C=N–C) groups is 1. The third-order valence-electron chi connectivity index (χ3n) is 3.38. The van der Waals surface area contributed by atoms with Crippen molar-refractivity contribution >= 4 is 35.6 Å². The molecule has 1 heterocycles. The quantitative estimate of drug-likeness (QED) is 0.334. The maximum Gasteiger partial charge on any atom is 0.191 e. The highest BCUT2D eigenvalue weighted by molar-refractivity contribution is 14.0. The fourth-order valence-electron chi connectivity index (χ4n) is 2.33. The van der Waals surface area contributed by atoms with Gasteiger partial charge in [0.25, 0.3) is 0 Å². The lowest BCUT2D eigenvalue weighted by Gasteiger charge is -2.23. The van der Waals surface area contributed by atoms with Crippen LogP contribution in [-0.4, -0.2) is 31.1 Å². The van der Waals surface area contributed by atoms with E-state index in [0.29, 0.717) is 6.54 Å². The molecule has 0 bridgehead atoms. The lowest BCUT2D eigenvalue weighted by molar-refractivity contribution is 0.501. The number of benzene rings is 1. The van der Waals surface area contributed by atoms with Gasteiger partial charge in [0.15, 0.2) is 5.96 Å². The van der Waals surface area contributed by atoms with Crippen LogP contribution in [0, 0.1) is 0 Å². The minimum atomic E-state index is 0. The summed E-state index contributed by atoms with van der Waals surface area (Å²) in [6.45, 7) is 12.1. The topological polar surface area (TPSA) is 39.7 Å². The highest BCUT2D eigenvalue weighted by atomic mass is 127. The fourth-order valence-corrected chi connectivity index (χ4v) is 2.33. The summed E-state index contributed by atoms with van der Waals surface area (Å²) in [6, 6.07) is 8.69. The van der Waals surface area contributed by atoms with Gasteiger partial charge in [-0.05, 0) is 45.4 Å². The van der Waals surface area contributed by atoms with Crippen molar-refractivity contribution in [1.29, 1.82) is 0 Å². The Labute approximate surface area is 157 Å². The minimum Gasteiger partial charge on any atom is -0.364 e. The fraction of sp³-hybridized carbons (Fsp3) is 0.500. The first-order chi connectivity index (χ1) is 10.5. The van der Waals surface area contributed by atoms with Crippen LogP contribution in [0.5, 0.6) is 0 Å². The molecule has 0 aromatic heterocycles. The molecule has 1 aromatic rings. The minimum absolute atomic E-state index is 0. The van der Waals surface area contributed by atoms with Crippen molar-refractivity contribution in [3.05, 3.63) is 42.0 Å². The Morgan fingerprint density at radius 2 is 1.74 bits per heavy atom. The molecule has 0 saturated heterocycles. The lowest BCUT2D eigenvalue weighted by atomic mass is 10.1. The zero-order valence-electron chi connectivity index (χ0n) is 14.6. The summed E-state index contributed by atoms with van der Waals surface area (Å²) in [5, 5.41) is 6.69. The molecule has 2 rings (SSSR count). The van der Waals surface area contributed by atoms with E-state index < -0.39 is 0 Å². The Hall–Kier alpha value is -1.24. The Kier molecular flexibility index (Phi) is 7.88. The van der Waals surface area contributed by atoms with Crippen LogP contribution < -0.4 is 15.5 Å². The molecular formula is C18H29IN4. The number of hydrogen-bond donors (Lipinski definition) is 2. The number of halogens is 1. The van der Waals surface area contributed by atoms with E-state index in [1.165, 1.54) is 11.3 Å². The summed E-state index contributed by atoms with van der Waals surface area (Å²) in [7, 11) is 0. The van der Waals surface area contributed by atoms with Gasteiger partial charge in [-0.15, -0.1) is 24.0 Å². The third-order valence-corrected chi connectivity index (χ3v) is 3.38. The Balaban J connectivity index is 0.00000264. The predicted molar refractivity (Wildman–Crippen MR) is 111 cm³/mol. The summed E-state index contributed by atoms with van der Waals surface area (Å²) >= 11 is 0. The zero-order chi connectivity index (χ0) is 16.0. The first-order valence-electron chi connectivity index (χ1n) is 8.03. The van der Waals surface area contributed by atoms with Crippen LogP contribution in [-0.2, 0) is 6.54 Å². The molecule has 0 atom stereocenters. The van der Waals surface area contributed by atoms with Crippen molar-refractivity contribution in [2.75, 3.05) is 24.5 Å². The van der Waals surface area contributed by atoms with E-state index in [1.807, 2.05) is 0 Å². The molecule has 1 aromatic carbocycles. The SMILES string of the molecule is CCNC(=NCc1ccc(N2CC=CC2)cc1)NC(C)(C)C.I. The second kappa shape index (κ2) is 9.15. The van der Waals surface area contributed by atoms with Gasteiger partial charge in [0.05, 0.1) is 6.54 Å². The molecule has 0 radical (unpaired) electrons. The molecule has 4 nitrogen and oxygen atoms in total. The standard InChI is InChI=1S/C18H28N4.HI/c1-5-19-17(21-18(2,3)4)20-14-15-8-10-16(11-9-15)22-12-6-7-13-22;/h6-11H,5,12-14H2,1-4H3,(H2,19,20,21);1H. The zero-order valence-corrected chi connectivity index (χ0v) is 16.9.